The number of rotatable bonds is 6. The van der Waals surface area contributed by atoms with E-state index in [0.717, 1.165) is 50.6 Å². The summed E-state index contributed by atoms with van der Waals surface area (Å²) < 4.78 is 5.80. The molecule has 0 aliphatic carbocycles. The Morgan fingerprint density at radius 2 is 1.90 bits per heavy atom. The Balaban J connectivity index is 1.95. The molecule has 1 aromatic heterocycles. The highest BCUT2D eigenvalue weighted by molar-refractivity contribution is 4.93. The van der Waals surface area contributed by atoms with Crippen LogP contribution < -0.4 is 0 Å². The first-order valence-electron chi connectivity index (χ1n) is 8.17. The van der Waals surface area contributed by atoms with Gasteiger partial charge in [0.15, 0.2) is 0 Å². The highest BCUT2D eigenvalue weighted by Crippen LogP contribution is 2.36. The van der Waals surface area contributed by atoms with E-state index in [9.17, 15) is 5.11 Å². The summed E-state index contributed by atoms with van der Waals surface area (Å²) in [5.74, 6) is 1.99. The zero-order valence-corrected chi connectivity index (χ0v) is 13.8. The van der Waals surface area contributed by atoms with Gasteiger partial charge in [0.2, 0.25) is 11.8 Å². The Morgan fingerprint density at radius 3 is 2.43 bits per heavy atom. The van der Waals surface area contributed by atoms with Crippen LogP contribution in [0.5, 0.6) is 0 Å². The molecular weight excluding hydrogens is 266 g/mol. The quantitative estimate of drug-likeness (QED) is 0.874. The lowest BCUT2D eigenvalue weighted by atomic mass is 9.77. The molecule has 120 valence electrons. The smallest absolute Gasteiger partial charge is 0.233 e. The second-order valence-corrected chi connectivity index (χ2v) is 6.86. The number of nitrogens with zero attached hydrogens (tertiary/aromatic N) is 3. The first kappa shape index (κ1) is 16.4. The van der Waals surface area contributed by atoms with E-state index < -0.39 is 0 Å². The molecule has 0 aromatic carbocycles. The van der Waals surface area contributed by atoms with Gasteiger partial charge < -0.3 is 9.52 Å². The van der Waals surface area contributed by atoms with Gasteiger partial charge in [0, 0.05) is 13.0 Å². The molecule has 0 radical (unpaired) electrons. The van der Waals surface area contributed by atoms with E-state index in [4.69, 9.17) is 4.42 Å². The molecular formula is C16H29N3O2. The van der Waals surface area contributed by atoms with E-state index >= 15 is 0 Å². The Labute approximate surface area is 127 Å². The van der Waals surface area contributed by atoms with Gasteiger partial charge in [0.25, 0.3) is 0 Å². The Morgan fingerprint density at radius 1 is 1.24 bits per heavy atom. The van der Waals surface area contributed by atoms with Crippen molar-refractivity contribution in [3.8, 4) is 0 Å². The summed E-state index contributed by atoms with van der Waals surface area (Å²) in [5, 5.41) is 18.0. The number of aliphatic hydroxyl groups is 1. The van der Waals surface area contributed by atoms with Crippen LogP contribution in [-0.4, -0.2) is 39.9 Å². The van der Waals surface area contributed by atoms with Crippen molar-refractivity contribution < 1.29 is 9.52 Å². The fraction of sp³-hybridized carbons (Fsp3) is 0.875. The summed E-state index contributed by atoms with van der Waals surface area (Å²) in [7, 11) is 0. The molecule has 2 heterocycles. The Hall–Kier alpha value is -0.940. The lowest BCUT2D eigenvalue weighted by Crippen LogP contribution is -2.42. The van der Waals surface area contributed by atoms with E-state index in [1.165, 1.54) is 0 Å². The molecule has 1 aromatic rings. The molecule has 5 nitrogen and oxygen atoms in total. The first-order chi connectivity index (χ1) is 9.99. The highest BCUT2D eigenvalue weighted by Gasteiger charge is 2.35. The fourth-order valence-corrected chi connectivity index (χ4v) is 3.03. The number of hydrogen-bond donors (Lipinski definition) is 1. The zero-order chi connectivity index (χ0) is 15.5. The monoisotopic (exact) mass is 295 g/mol. The molecule has 1 N–H and O–H groups in total. The molecule has 1 saturated heterocycles. The third kappa shape index (κ3) is 3.83. The average molecular weight is 295 g/mol. The Kier molecular flexibility index (Phi) is 5.38. The second kappa shape index (κ2) is 6.88. The SMILES string of the molecule is CCC1(CO)CCN(C(C)c2nnc(CC(C)C)o2)CC1. The van der Waals surface area contributed by atoms with E-state index in [1.807, 2.05) is 0 Å². The van der Waals surface area contributed by atoms with Gasteiger partial charge in [-0.1, -0.05) is 20.8 Å². The van der Waals surface area contributed by atoms with Gasteiger partial charge in [0.05, 0.1) is 6.04 Å². The van der Waals surface area contributed by atoms with Crippen LogP contribution in [0.15, 0.2) is 4.42 Å². The number of aliphatic hydroxyl groups excluding tert-OH is 1. The molecule has 2 rings (SSSR count). The third-order valence-corrected chi connectivity index (χ3v) is 4.91. The van der Waals surface area contributed by atoms with Crippen molar-refractivity contribution in [3.63, 3.8) is 0 Å². The zero-order valence-electron chi connectivity index (χ0n) is 13.8. The summed E-state index contributed by atoms with van der Waals surface area (Å²) in [6.45, 7) is 10.9. The third-order valence-electron chi connectivity index (χ3n) is 4.91. The molecule has 1 aliphatic rings. The Bertz CT molecular complexity index is 430. The molecule has 0 bridgehead atoms. The van der Waals surface area contributed by atoms with Crippen molar-refractivity contribution in [3.05, 3.63) is 11.8 Å². The summed E-state index contributed by atoms with van der Waals surface area (Å²) in [4.78, 5) is 2.39. The maximum absolute atomic E-state index is 9.61. The average Bonchev–Trinajstić information content (AvgIpc) is 2.94. The maximum atomic E-state index is 9.61. The van der Waals surface area contributed by atoms with Crippen LogP contribution >= 0.6 is 0 Å². The fourth-order valence-electron chi connectivity index (χ4n) is 3.03. The highest BCUT2D eigenvalue weighted by atomic mass is 16.4. The van der Waals surface area contributed by atoms with Gasteiger partial charge in [-0.2, -0.15) is 0 Å². The van der Waals surface area contributed by atoms with Crippen molar-refractivity contribution in [2.24, 2.45) is 11.3 Å². The predicted octanol–water partition coefficient (Wildman–Crippen LogP) is 2.81. The van der Waals surface area contributed by atoms with Crippen LogP contribution in [-0.2, 0) is 6.42 Å². The van der Waals surface area contributed by atoms with Gasteiger partial charge in [0.1, 0.15) is 0 Å². The minimum atomic E-state index is 0.119. The molecule has 0 saturated carbocycles. The van der Waals surface area contributed by atoms with Gasteiger partial charge in [-0.05, 0) is 50.6 Å². The number of likely N-dealkylation sites (tertiary alicyclic amines) is 1. The van der Waals surface area contributed by atoms with E-state index in [0.29, 0.717) is 12.5 Å². The maximum Gasteiger partial charge on any atom is 0.233 e. The van der Waals surface area contributed by atoms with Crippen LogP contribution in [0.2, 0.25) is 0 Å². The lowest BCUT2D eigenvalue weighted by Gasteiger charge is -2.41. The van der Waals surface area contributed by atoms with Crippen LogP contribution in [0.3, 0.4) is 0 Å². The predicted molar refractivity (Wildman–Crippen MR) is 81.9 cm³/mol. The first-order valence-corrected chi connectivity index (χ1v) is 8.17. The minimum Gasteiger partial charge on any atom is -0.424 e. The summed E-state index contributed by atoms with van der Waals surface area (Å²) >= 11 is 0. The number of aromatic nitrogens is 2. The summed E-state index contributed by atoms with van der Waals surface area (Å²) in [5.41, 5.74) is 0.119. The topological polar surface area (TPSA) is 62.4 Å². The van der Waals surface area contributed by atoms with Crippen LogP contribution in [0.4, 0.5) is 0 Å². The molecule has 1 unspecified atom stereocenters. The molecule has 1 aliphatic heterocycles. The largest absolute Gasteiger partial charge is 0.424 e. The van der Waals surface area contributed by atoms with Crippen molar-refractivity contribution in [2.75, 3.05) is 19.7 Å². The van der Waals surface area contributed by atoms with E-state index in [1.54, 1.807) is 0 Å². The van der Waals surface area contributed by atoms with Crippen LogP contribution in [0, 0.1) is 11.3 Å². The van der Waals surface area contributed by atoms with Crippen molar-refractivity contribution in [1.82, 2.24) is 15.1 Å². The van der Waals surface area contributed by atoms with Gasteiger partial charge in [-0.3, -0.25) is 4.90 Å². The number of piperidine rings is 1. The van der Waals surface area contributed by atoms with Crippen LogP contribution in [0.25, 0.3) is 0 Å². The normalized spacial score (nSPS) is 20.9. The van der Waals surface area contributed by atoms with Gasteiger partial charge >= 0.3 is 0 Å². The van der Waals surface area contributed by atoms with Gasteiger partial charge in [-0.25, -0.2) is 0 Å². The second-order valence-electron chi connectivity index (χ2n) is 6.86. The summed E-state index contributed by atoms with van der Waals surface area (Å²) in [6, 6.07) is 0.159. The molecule has 1 fully saturated rings. The minimum absolute atomic E-state index is 0.119. The van der Waals surface area contributed by atoms with E-state index in [2.05, 4.69) is 42.8 Å². The van der Waals surface area contributed by atoms with Gasteiger partial charge in [-0.15, -0.1) is 10.2 Å². The van der Waals surface area contributed by atoms with E-state index in [-0.39, 0.29) is 11.5 Å². The molecule has 1 atom stereocenters. The molecule has 0 amide bonds. The standard InChI is InChI=1S/C16H29N3O2/c1-5-16(11-20)6-8-19(9-7-16)13(4)15-18-17-14(21-15)10-12(2)3/h12-13,20H,5-11H2,1-4H3. The van der Waals surface area contributed by atoms with Crippen LogP contribution in [0.1, 0.15) is 64.8 Å². The van der Waals surface area contributed by atoms with Crippen molar-refractivity contribution >= 4 is 0 Å². The molecule has 5 heteroatoms. The lowest BCUT2D eigenvalue weighted by molar-refractivity contribution is 0.0224. The van der Waals surface area contributed by atoms with Crippen molar-refractivity contribution in [1.29, 1.82) is 0 Å². The number of hydrogen-bond acceptors (Lipinski definition) is 5. The molecule has 0 spiro atoms. The summed E-state index contributed by atoms with van der Waals surface area (Å²) in [6.07, 6.45) is 3.96. The van der Waals surface area contributed by atoms with Crippen molar-refractivity contribution in [2.45, 2.75) is 59.4 Å². The molecule has 21 heavy (non-hydrogen) atoms.